The van der Waals surface area contributed by atoms with E-state index in [2.05, 4.69) is 0 Å². The first kappa shape index (κ1) is 12.4. The summed E-state index contributed by atoms with van der Waals surface area (Å²) in [5.41, 5.74) is 0. The summed E-state index contributed by atoms with van der Waals surface area (Å²) in [5, 5.41) is 0. The van der Waals surface area contributed by atoms with Gasteiger partial charge in [-0.1, -0.05) is 24.3 Å². The number of para-hydroxylation sites is 1. The van der Waals surface area contributed by atoms with Crippen LogP contribution in [0.1, 0.15) is 0 Å². The molecule has 0 radical (unpaired) electrons. The largest absolute Gasteiger partial charge is 0.805 e. The van der Waals surface area contributed by atoms with E-state index < -0.39 is 8.25 Å². The van der Waals surface area contributed by atoms with Gasteiger partial charge in [0, 0.05) is 10.6 Å². The maximum Gasteiger partial charge on any atom is 0.805 e. The van der Waals surface area contributed by atoms with Crippen molar-refractivity contribution in [2.75, 3.05) is 7.11 Å². The first-order chi connectivity index (χ1) is 8.78. The third-order valence-electron chi connectivity index (χ3n) is 2.14. The van der Waals surface area contributed by atoms with Crippen molar-refractivity contribution in [1.82, 2.24) is 0 Å². The third kappa shape index (κ3) is 3.47. The first-order valence-corrected chi connectivity index (χ1v) is 6.40. The van der Waals surface area contributed by atoms with Crippen LogP contribution in [0, 0.1) is 0 Å². The normalized spacial score (nSPS) is 10.6. The molecule has 4 nitrogen and oxygen atoms in total. The van der Waals surface area contributed by atoms with Crippen molar-refractivity contribution >= 4 is 8.25 Å². The molecular formula is C13H12O4P+. The maximum atomic E-state index is 11.6. The molecule has 5 heteroatoms. The van der Waals surface area contributed by atoms with Gasteiger partial charge >= 0.3 is 8.25 Å². The zero-order chi connectivity index (χ0) is 12.8. The van der Waals surface area contributed by atoms with Gasteiger partial charge in [0.15, 0.2) is 11.5 Å². The second-order valence-electron chi connectivity index (χ2n) is 3.40. The Labute approximate surface area is 106 Å². The van der Waals surface area contributed by atoms with E-state index in [1.807, 2.05) is 6.07 Å². The minimum atomic E-state index is -2.26. The fourth-order valence-corrected chi connectivity index (χ4v) is 1.95. The standard InChI is InChI=1S/C13H12O4P/c1-15-12-8-5-9-13(10-12)17-18(14)16-11-6-3-2-4-7-11/h2-10H,1H3/q+1. The molecule has 2 rings (SSSR count). The molecule has 0 heterocycles. The summed E-state index contributed by atoms with van der Waals surface area (Å²) in [4.78, 5) is 0. The monoisotopic (exact) mass is 263 g/mol. The van der Waals surface area contributed by atoms with Crippen LogP contribution >= 0.6 is 8.25 Å². The van der Waals surface area contributed by atoms with E-state index in [-0.39, 0.29) is 0 Å². The minimum Gasteiger partial charge on any atom is -0.497 e. The second kappa shape index (κ2) is 6.03. The topological polar surface area (TPSA) is 44.8 Å². The minimum absolute atomic E-state index is 0.436. The first-order valence-electron chi connectivity index (χ1n) is 5.30. The van der Waals surface area contributed by atoms with E-state index in [9.17, 15) is 4.57 Å². The highest BCUT2D eigenvalue weighted by Gasteiger charge is 2.24. The lowest BCUT2D eigenvalue weighted by Gasteiger charge is -1.98. The number of hydrogen-bond donors (Lipinski definition) is 0. The SMILES string of the molecule is COc1cccc(O[P+](=O)Oc2ccccc2)c1. The van der Waals surface area contributed by atoms with E-state index in [4.69, 9.17) is 13.8 Å². The van der Waals surface area contributed by atoms with Gasteiger partial charge < -0.3 is 4.74 Å². The molecule has 92 valence electrons. The smallest absolute Gasteiger partial charge is 0.497 e. The highest BCUT2D eigenvalue weighted by Crippen LogP contribution is 2.31. The lowest BCUT2D eigenvalue weighted by Crippen LogP contribution is -1.89. The van der Waals surface area contributed by atoms with Gasteiger partial charge in [0.2, 0.25) is 0 Å². The zero-order valence-electron chi connectivity index (χ0n) is 9.78. The number of ether oxygens (including phenoxy) is 1. The molecule has 1 atom stereocenters. The predicted molar refractivity (Wildman–Crippen MR) is 68.3 cm³/mol. The molecule has 0 aliphatic rings. The Morgan fingerprint density at radius 3 is 2.17 bits per heavy atom. The van der Waals surface area contributed by atoms with Gasteiger partial charge in [0.05, 0.1) is 7.11 Å². The Bertz CT molecular complexity index is 528. The van der Waals surface area contributed by atoms with E-state index >= 15 is 0 Å². The molecule has 0 spiro atoms. The number of hydrogen-bond acceptors (Lipinski definition) is 4. The Morgan fingerprint density at radius 1 is 0.833 bits per heavy atom. The highest BCUT2D eigenvalue weighted by molar-refractivity contribution is 7.34. The molecule has 18 heavy (non-hydrogen) atoms. The summed E-state index contributed by atoms with van der Waals surface area (Å²) < 4.78 is 27.0. The molecule has 2 aromatic carbocycles. The Kier molecular flexibility index (Phi) is 4.15. The zero-order valence-corrected chi connectivity index (χ0v) is 10.7. The molecule has 0 aromatic heterocycles. The Balaban J connectivity index is 1.99. The number of rotatable bonds is 5. The quantitative estimate of drug-likeness (QED) is 0.769. The van der Waals surface area contributed by atoms with Gasteiger partial charge in [0.1, 0.15) is 5.75 Å². The van der Waals surface area contributed by atoms with E-state index in [1.165, 1.54) is 0 Å². The van der Waals surface area contributed by atoms with Gasteiger partial charge in [-0.25, -0.2) is 9.05 Å². The molecule has 0 bridgehead atoms. The Hall–Kier alpha value is -2.06. The van der Waals surface area contributed by atoms with E-state index in [1.54, 1.807) is 55.6 Å². The summed E-state index contributed by atoms with van der Waals surface area (Å²) in [7, 11) is -0.701. The van der Waals surface area contributed by atoms with Gasteiger partial charge in [0.25, 0.3) is 0 Å². The van der Waals surface area contributed by atoms with Gasteiger partial charge in [-0.15, -0.1) is 0 Å². The van der Waals surface area contributed by atoms with Crippen molar-refractivity contribution in [2.24, 2.45) is 0 Å². The van der Waals surface area contributed by atoms with E-state index in [0.29, 0.717) is 17.2 Å². The molecule has 0 amide bonds. The van der Waals surface area contributed by atoms with Crippen LogP contribution in [0.4, 0.5) is 0 Å². The van der Waals surface area contributed by atoms with Gasteiger partial charge in [-0.05, 0) is 24.3 Å². The van der Waals surface area contributed by atoms with Crippen molar-refractivity contribution < 1.29 is 18.3 Å². The third-order valence-corrected chi connectivity index (χ3v) is 2.86. The molecule has 0 fully saturated rings. The molecule has 2 aromatic rings. The Morgan fingerprint density at radius 2 is 1.44 bits per heavy atom. The summed E-state index contributed by atoms with van der Waals surface area (Å²) in [5.74, 6) is 1.57. The van der Waals surface area contributed by atoms with Crippen molar-refractivity contribution in [2.45, 2.75) is 0 Å². The summed E-state index contributed by atoms with van der Waals surface area (Å²) in [6, 6.07) is 15.7. The van der Waals surface area contributed by atoms with Crippen molar-refractivity contribution in [3.05, 3.63) is 54.6 Å². The van der Waals surface area contributed by atoms with Crippen LogP contribution in [0.15, 0.2) is 54.6 Å². The molecule has 0 saturated heterocycles. The molecule has 0 saturated carbocycles. The van der Waals surface area contributed by atoms with E-state index in [0.717, 1.165) is 0 Å². The lowest BCUT2D eigenvalue weighted by molar-refractivity contribution is 0.403. The maximum absolute atomic E-state index is 11.6. The summed E-state index contributed by atoms with van der Waals surface area (Å²) in [6.07, 6.45) is 0. The van der Waals surface area contributed by atoms with Crippen LogP contribution in [0.3, 0.4) is 0 Å². The van der Waals surface area contributed by atoms with Crippen LogP contribution < -0.4 is 13.8 Å². The average Bonchev–Trinajstić information content (AvgIpc) is 2.40. The predicted octanol–water partition coefficient (Wildman–Crippen LogP) is 3.81. The average molecular weight is 263 g/mol. The molecule has 0 N–H and O–H groups in total. The van der Waals surface area contributed by atoms with Crippen LogP contribution in [0.5, 0.6) is 17.2 Å². The van der Waals surface area contributed by atoms with Crippen molar-refractivity contribution in [1.29, 1.82) is 0 Å². The van der Waals surface area contributed by atoms with Crippen LogP contribution in [0.2, 0.25) is 0 Å². The number of methoxy groups -OCH3 is 1. The van der Waals surface area contributed by atoms with Crippen molar-refractivity contribution in [3.8, 4) is 17.2 Å². The summed E-state index contributed by atoms with van der Waals surface area (Å²) >= 11 is 0. The molecule has 1 unspecified atom stereocenters. The fourth-order valence-electron chi connectivity index (χ4n) is 1.33. The van der Waals surface area contributed by atoms with Crippen molar-refractivity contribution in [3.63, 3.8) is 0 Å². The second-order valence-corrected chi connectivity index (χ2v) is 4.21. The van der Waals surface area contributed by atoms with Crippen LogP contribution in [0.25, 0.3) is 0 Å². The van der Waals surface area contributed by atoms with Crippen LogP contribution in [-0.4, -0.2) is 7.11 Å². The van der Waals surface area contributed by atoms with Gasteiger partial charge in [-0.3, -0.25) is 0 Å². The lowest BCUT2D eigenvalue weighted by atomic mass is 10.3. The van der Waals surface area contributed by atoms with Crippen LogP contribution in [-0.2, 0) is 4.57 Å². The fraction of sp³-hybridized carbons (Fsp3) is 0.0769. The molecule has 0 aliphatic heterocycles. The van der Waals surface area contributed by atoms with Gasteiger partial charge in [-0.2, -0.15) is 0 Å². The highest BCUT2D eigenvalue weighted by atomic mass is 31.1. The molecule has 0 aliphatic carbocycles. The number of benzene rings is 2. The summed E-state index contributed by atoms with van der Waals surface area (Å²) in [6.45, 7) is 0. The molecular weight excluding hydrogens is 251 g/mol.